The van der Waals surface area contributed by atoms with Gasteiger partial charge >= 0.3 is 30.2 Å². The fourth-order valence-electron chi connectivity index (χ4n) is 3.62. The van der Waals surface area contributed by atoms with Gasteiger partial charge in [0, 0.05) is 43.4 Å². The molecule has 18 nitrogen and oxygen atoms in total. The number of hydrogen-bond acceptors (Lipinski definition) is 12. The summed E-state index contributed by atoms with van der Waals surface area (Å²) in [4.78, 5) is 87.1. The first-order chi connectivity index (χ1) is 20.6. The predicted octanol–water partition coefficient (Wildman–Crippen LogP) is 3.30. The molecule has 1 aliphatic heterocycles. The van der Waals surface area contributed by atoms with E-state index in [4.69, 9.17) is 4.74 Å². The minimum Gasteiger partial charge on any atom is -0.444 e. The average molecular weight is 615 g/mol. The number of guanidine groups is 1. The number of nitrogens with one attached hydrogen (secondary N) is 2. The average Bonchev–Trinajstić information content (AvgIpc) is 3.40. The van der Waals surface area contributed by atoms with E-state index in [-0.39, 0.29) is 35.6 Å². The molecule has 0 unspecified atom stereocenters. The lowest BCUT2D eigenvalue weighted by molar-refractivity contribution is -0.385. The van der Waals surface area contributed by atoms with Crippen molar-refractivity contribution in [1.82, 2.24) is 15.5 Å². The molecular formula is C26H26N6O12. The number of rotatable bonds is 5. The molecule has 2 aromatic rings. The predicted molar refractivity (Wildman–Crippen MR) is 148 cm³/mol. The molecule has 0 radical (unpaired) electrons. The highest BCUT2D eigenvalue weighted by Gasteiger charge is 2.31. The van der Waals surface area contributed by atoms with Crippen LogP contribution in [0.5, 0.6) is 0 Å². The van der Waals surface area contributed by atoms with E-state index in [0.717, 1.165) is 48.5 Å². The number of nitro groups is 2. The zero-order valence-corrected chi connectivity index (χ0v) is 23.5. The third-order valence-electron chi connectivity index (χ3n) is 5.60. The van der Waals surface area contributed by atoms with Crippen LogP contribution in [0.4, 0.5) is 25.8 Å². The van der Waals surface area contributed by atoms with Crippen molar-refractivity contribution in [3.8, 4) is 0 Å². The molecule has 3 amide bonds. The molecule has 0 saturated carbocycles. The van der Waals surface area contributed by atoms with E-state index in [9.17, 15) is 44.2 Å². The quantitative estimate of drug-likeness (QED) is 0.0935. The van der Waals surface area contributed by atoms with E-state index in [1.807, 2.05) is 5.32 Å². The van der Waals surface area contributed by atoms with Crippen LogP contribution < -0.4 is 10.6 Å². The van der Waals surface area contributed by atoms with E-state index >= 15 is 0 Å². The van der Waals surface area contributed by atoms with Gasteiger partial charge in [-0.25, -0.2) is 24.0 Å². The molecule has 2 aromatic carbocycles. The summed E-state index contributed by atoms with van der Waals surface area (Å²) in [5.41, 5.74) is -1.77. The van der Waals surface area contributed by atoms with Crippen molar-refractivity contribution in [1.29, 1.82) is 0 Å². The first-order valence-electron chi connectivity index (χ1n) is 12.7. The monoisotopic (exact) mass is 614 g/mol. The second-order valence-corrected chi connectivity index (χ2v) is 10.1. The molecule has 1 atom stereocenters. The first-order valence-corrected chi connectivity index (χ1v) is 12.7. The van der Waals surface area contributed by atoms with Crippen LogP contribution in [0.3, 0.4) is 0 Å². The Labute approximate surface area is 248 Å². The van der Waals surface area contributed by atoms with Crippen LogP contribution in [0.1, 0.15) is 47.9 Å². The van der Waals surface area contributed by atoms with E-state index in [0.29, 0.717) is 6.42 Å². The van der Waals surface area contributed by atoms with Crippen LogP contribution in [0.2, 0.25) is 0 Å². The summed E-state index contributed by atoms with van der Waals surface area (Å²) in [6.07, 6.45) is -3.22. The number of alkyl carbamates (subject to hydrolysis) is 1. The third kappa shape index (κ3) is 9.57. The molecule has 44 heavy (non-hydrogen) atoms. The number of esters is 2. The van der Waals surface area contributed by atoms with Crippen LogP contribution in [0.15, 0.2) is 53.5 Å². The summed E-state index contributed by atoms with van der Waals surface area (Å²) in [7, 11) is 0. The van der Waals surface area contributed by atoms with Crippen LogP contribution in [-0.4, -0.2) is 75.7 Å². The van der Waals surface area contributed by atoms with Gasteiger partial charge in [0.05, 0.1) is 21.0 Å². The third-order valence-corrected chi connectivity index (χ3v) is 5.60. The van der Waals surface area contributed by atoms with Crippen molar-refractivity contribution >= 4 is 47.6 Å². The minimum absolute atomic E-state index is 0.0587. The normalized spacial score (nSPS) is 14.7. The number of nitro benzene ring substituents is 2. The van der Waals surface area contributed by atoms with E-state index in [2.05, 4.69) is 19.8 Å². The SMILES string of the molecule is CC(C)(C)OC(=O)N1CC[C@H](NC(=NC(=O)OC(=O)c2ccc([N+](=O)[O-])cc2)NC(=O)OC(=O)c2ccc([N+](=O)[O-])cc2)C1. The largest absolute Gasteiger partial charge is 0.444 e. The molecule has 1 fully saturated rings. The van der Waals surface area contributed by atoms with Crippen molar-refractivity contribution in [2.45, 2.75) is 38.8 Å². The molecule has 0 bridgehead atoms. The Balaban J connectivity index is 1.72. The maximum absolute atomic E-state index is 12.5. The van der Waals surface area contributed by atoms with Crippen molar-refractivity contribution in [2.75, 3.05) is 13.1 Å². The molecular weight excluding hydrogens is 588 g/mol. The molecule has 0 spiro atoms. The van der Waals surface area contributed by atoms with Crippen molar-refractivity contribution < 1.29 is 48.0 Å². The highest BCUT2D eigenvalue weighted by Crippen LogP contribution is 2.16. The topological polar surface area (TPSA) is 239 Å². The van der Waals surface area contributed by atoms with E-state index < -0.39 is 57.7 Å². The molecule has 1 aliphatic rings. The van der Waals surface area contributed by atoms with Gasteiger partial charge in [0.25, 0.3) is 11.4 Å². The van der Waals surface area contributed by atoms with Crippen molar-refractivity contribution in [2.24, 2.45) is 4.99 Å². The molecule has 1 saturated heterocycles. The van der Waals surface area contributed by atoms with Gasteiger partial charge in [0.15, 0.2) is 0 Å². The summed E-state index contributed by atoms with van der Waals surface area (Å²) in [5, 5.41) is 26.4. The van der Waals surface area contributed by atoms with Crippen molar-refractivity contribution in [3.05, 3.63) is 79.9 Å². The summed E-state index contributed by atoms with van der Waals surface area (Å²) >= 11 is 0. The van der Waals surface area contributed by atoms with Crippen LogP contribution in [0.25, 0.3) is 0 Å². The number of amides is 3. The fraction of sp³-hybridized carbons (Fsp3) is 0.308. The van der Waals surface area contributed by atoms with Gasteiger partial charge in [0.1, 0.15) is 5.60 Å². The maximum atomic E-state index is 12.5. The summed E-state index contributed by atoms with van der Waals surface area (Å²) < 4.78 is 14.6. The Hall–Kier alpha value is -5.94. The molecule has 3 rings (SSSR count). The van der Waals surface area contributed by atoms with Crippen LogP contribution >= 0.6 is 0 Å². The van der Waals surface area contributed by atoms with Gasteiger partial charge in [-0.3, -0.25) is 25.5 Å². The van der Waals surface area contributed by atoms with E-state index in [1.165, 1.54) is 4.90 Å². The van der Waals surface area contributed by atoms with Gasteiger partial charge < -0.3 is 24.4 Å². The molecule has 18 heteroatoms. The lowest BCUT2D eigenvalue weighted by Gasteiger charge is -2.24. The number of carbonyl (C=O) groups is 5. The lowest BCUT2D eigenvalue weighted by Crippen LogP contribution is -2.48. The van der Waals surface area contributed by atoms with Gasteiger partial charge in [-0.15, -0.1) is 4.99 Å². The maximum Gasteiger partial charge on any atom is 0.444 e. The highest BCUT2D eigenvalue weighted by atomic mass is 16.6. The van der Waals surface area contributed by atoms with Gasteiger partial charge in [-0.2, -0.15) is 0 Å². The number of ether oxygens (including phenoxy) is 3. The van der Waals surface area contributed by atoms with Gasteiger partial charge in [-0.1, -0.05) is 0 Å². The van der Waals surface area contributed by atoms with Gasteiger partial charge in [-0.05, 0) is 51.5 Å². The lowest BCUT2D eigenvalue weighted by atomic mass is 10.2. The number of aliphatic imine (C=N–C) groups is 1. The number of hydrogen-bond donors (Lipinski definition) is 2. The Bertz CT molecular complexity index is 1500. The van der Waals surface area contributed by atoms with Crippen LogP contribution in [0, 0.1) is 20.2 Å². The first kappa shape index (κ1) is 32.6. The number of benzene rings is 2. The Morgan fingerprint density at radius 2 is 1.36 bits per heavy atom. The molecule has 0 aliphatic carbocycles. The molecule has 0 aromatic heterocycles. The smallest absolute Gasteiger partial charge is 0.444 e. The van der Waals surface area contributed by atoms with Crippen LogP contribution in [-0.2, 0) is 14.2 Å². The summed E-state index contributed by atoms with van der Waals surface area (Å²) in [6.45, 7) is 5.38. The highest BCUT2D eigenvalue weighted by molar-refractivity contribution is 6.05. The zero-order chi connectivity index (χ0) is 32.6. The molecule has 2 N–H and O–H groups in total. The summed E-state index contributed by atoms with van der Waals surface area (Å²) in [5.74, 6) is -3.01. The summed E-state index contributed by atoms with van der Waals surface area (Å²) in [6, 6.07) is 7.73. The number of carbonyl (C=O) groups excluding carboxylic acids is 5. The van der Waals surface area contributed by atoms with Gasteiger partial charge in [0.2, 0.25) is 5.96 Å². The zero-order valence-electron chi connectivity index (χ0n) is 23.5. The number of likely N-dealkylation sites (tertiary alicyclic amines) is 1. The Kier molecular flexibility index (Phi) is 10.2. The molecule has 232 valence electrons. The Morgan fingerprint density at radius 1 is 0.864 bits per heavy atom. The standard InChI is InChI=1S/C26H26N6O12/c1-26(2,3)44-25(37)30-13-12-17(14-30)27-22(28-23(35)42-20(33)15-4-8-18(9-5-15)31(38)39)29-24(36)43-21(34)16-6-10-19(11-7-16)32(40)41/h4-11,17H,12-14H2,1-3H3,(H2,27,28,29,35,36)/t17-/m0/s1. The minimum atomic E-state index is -1.51. The number of nitrogens with zero attached hydrogens (tertiary/aromatic N) is 4. The van der Waals surface area contributed by atoms with Crippen molar-refractivity contribution in [3.63, 3.8) is 0 Å². The second kappa shape index (κ2) is 13.8. The van der Waals surface area contributed by atoms with E-state index in [1.54, 1.807) is 20.8 Å². The fourth-order valence-corrected chi connectivity index (χ4v) is 3.62. The number of non-ortho nitro benzene ring substituents is 2. The second-order valence-electron chi connectivity index (χ2n) is 10.1. The Morgan fingerprint density at radius 3 is 1.84 bits per heavy atom. The molecule has 1 heterocycles.